The third-order valence-corrected chi connectivity index (χ3v) is 8.17. The fraction of sp³-hybridized carbons (Fsp3) is 0.481. The van der Waals surface area contributed by atoms with Crippen LogP contribution in [0, 0.1) is 6.92 Å². The van der Waals surface area contributed by atoms with E-state index in [4.69, 9.17) is 16.3 Å². The topological polar surface area (TPSA) is 96.0 Å². The maximum absolute atomic E-state index is 13.8. The van der Waals surface area contributed by atoms with E-state index in [2.05, 4.69) is 5.32 Å². The summed E-state index contributed by atoms with van der Waals surface area (Å²) in [5.41, 5.74) is 2.00. The van der Waals surface area contributed by atoms with Crippen molar-refractivity contribution in [3.8, 4) is 5.75 Å². The van der Waals surface area contributed by atoms with E-state index in [-0.39, 0.29) is 29.9 Å². The van der Waals surface area contributed by atoms with Crippen LogP contribution in [0.3, 0.4) is 0 Å². The molecule has 1 aliphatic rings. The smallest absolute Gasteiger partial charge is 0.244 e. The minimum atomic E-state index is -3.90. The van der Waals surface area contributed by atoms with Gasteiger partial charge in [0.05, 0.1) is 19.1 Å². The molecule has 10 heteroatoms. The van der Waals surface area contributed by atoms with Gasteiger partial charge in [-0.15, -0.1) is 0 Å². The molecular formula is C27H36ClN3O5S. The Kier molecular flexibility index (Phi) is 9.84. The van der Waals surface area contributed by atoms with Crippen molar-refractivity contribution in [3.63, 3.8) is 0 Å². The summed E-state index contributed by atoms with van der Waals surface area (Å²) in [4.78, 5) is 28.5. The quantitative estimate of drug-likeness (QED) is 0.477. The molecule has 2 aromatic carbocycles. The standard InChI is InChI=1S/C27H36ClN3O5S/c1-19-10-8-9-11-21(19)17-30(20(2)27(33)29-23-12-6-5-7-13-23)26(32)18-31(37(4,34)35)24-16-22(28)14-15-25(24)36-3/h8-11,14-16,20,23H,5-7,12-13,17-18H2,1-4H3,(H,29,33)/t20-/m1/s1. The van der Waals surface area contributed by atoms with Gasteiger partial charge in [-0.05, 0) is 56.0 Å². The highest BCUT2D eigenvalue weighted by Gasteiger charge is 2.32. The molecule has 0 unspecified atom stereocenters. The number of ether oxygens (including phenoxy) is 1. The molecule has 0 heterocycles. The summed E-state index contributed by atoms with van der Waals surface area (Å²) < 4.78 is 32.0. The molecule has 0 saturated heterocycles. The van der Waals surface area contributed by atoms with Crippen LogP contribution in [0.15, 0.2) is 42.5 Å². The van der Waals surface area contributed by atoms with Gasteiger partial charge in [0.1, 0.15) is 18.3 Å². The Labute approximate surface area is 225 Å². The monoisotopic (exact) mass is 549 g/mol. The number of amides is 2. The van der Waals surface area contributed by atoms with Gasteiger partial charge in [0.2, 0.25) is 21.8 Å². The van der Waals surface area contributed by atoms with Crippen LogP contribution in [0.25, 0.3) is 0 Å². The first-order valence-corrected chi connectivity index (χ1v) is 14.7. The molecular weight excluding hydrogens is 514 g/mol. The Balaban J connectivity index is 1.93. The number of hydrogen-bond acceptors (Lipinski definition) is 5. The zero-order valence-electron chi connectivity index (χ0n) is 21.9. The van der Waals surface area contributed by atoms with Crippen LogP contribution < -0.4 is 14.4 Å². The zero-order chi connectivity index (χ0) is 27.2. The summed E-state index contributed by atoms with van der Waals surface area (Å²) >= 11 is 6.15. The number of benzene rings is 2. The molecule has 1 fully saturated rings. The number of carbonyl (C=O) groups excluding carboxylic acids is 2. The number of carbonyl (C=O) groups is 2. The summed E-state index contributed by atoms with van der Waals surface area (Å²) in [6.45, 7) is 3.26. The van der Waals surface area contributed by atoms with Crippen molar-refractivity contribution in [2.75, 3.05) is 24.2 Å². The third kappa shape index (κ3) is 7.61. The molecule has 2 aromatic rings. The minimum Gasteiger partial charge on any atom is -0.495 e. The van der Waals surface area contributed by atoms with Gasteiger partial charge >= 0.3 is 0 Å². The second kappa shape index (κ2) is 12.6. The normalized spacial score (nSPS) is 15.1. The number of rotatable bonds is 10. The number of methoxy groups -OCH3 is 1. The first-order chi connectivity index (χ1) is 17.5. The second-order valence-corrected chi connectivity index (χ2v) is 11.9. The van der Waals surface area contributed by atoms with E-state index in [0.29, 0.717) is 5.02 Å². The van der Waals surface area contributed by atoms with Gasteiger partial charge in [-0.1, -0.05) is 55.1 Å². The molecule has 0 bridgehead atoms. The van der Waals surface area contributed by atoms with Crippen molar-refractivity contribution in [2.45, 2.75) is 64.6 Å². The molecule has 202 valence electrons. The van der Waals surface area contributed by atoms with Gasteiger partial charge < -0.3 is 15.0 Å². The van der Waals surface area contributed by atoms with Crippen LogP contribution in [0.1, 0.15) is 50.2 Å². The highest BCUT2D eigenvalue weighted by molar-refractivity contribution is 7.92. The summed E-state index contributed by atoms with van der Waals surface area (Å²) in [7, 11) is -2.49. The maximum atomic E-state index is 13.8. The molecule has 2 amide bonds. The molecule has 1 N–H and O–H groups in total. The predicted octanol–water partition coefficient (Wildman–Crippen LogP) is 4.29. The lowest BCUT2D eigenvalue weighted by Gasteiger charge is -2.33. The van der Waals surface area contributed by atoms with E-state index in [1.807, 2.05) is 31.2 Å². The van der Waals surface area contributed by atoms with Gasteiger partial charge in [-0.3, -0.25) is 13.9 Å². The van der Waals surface area contributed by atoms with Crippen molar-refractivity contribution >= 4 is 39.1 Å². The molecule has 1 atom stereocenters. The largest absolute Gasteiger partial charge is 0.495 e. The summed E-state index contributed by atoms with van der Waals surface area (Å²) in [6.07, 6.45) is 6.15. The predicted molar refractivity (Wildman–Crippen MR) is 146 cm³/mol. The Bertz CT molecular complexity index is 1210. The summed E-state index contributed by atoms with van der Waals surface area (Å²) in [5, 5.41) is 3.39. The average Bonchev–Trinajstić information content (AvgIpc) is 2.86. The van der Waals surface area contributed by atoms with Crippen molar-refractivity contribution < 1.29 is 22.7 Å². The fourth-order valence-electron chi connectivity index (χ4n) is 4.58. The first kappa shape index (κ1) is 28.8. The van der Waals surface area contributed by atoms with E-state index in [9.17, 15) is 18.0 Å². The molecule has 8 nitrogen and oxygen atoms in total. The van der Waals surface area contributed by atoms with Crippen molar-refractivity contribution in [1.82, 2.24) is 10.2 Å². The zero-order valence-corrected chi connectivity index (χ0v) is 23.4. The van der Waals surface area contributed by atoms with Crippen LogP contribution in [-0.4, -0.2) is 57.1 Å². The van der Waals surface area contributed by atoms with E-state index in [0.717, 1.165) is 53.8 Å². The Morgan fingerprint density at radius 2 is 1.81 bits per heavy atom. The van der Waals surface area contributed by atoms with Crippen LogP contribution in [0.4, 0.5) is 5.69 Å². The number of nitrogens with one attached hydrogen (secondary N) is 1. The van der Waals surface area contributed by atoms with Crippen LogP contribution in [-0.2, 0) is 26.2 Å². The number of nitrogens with zero attached hydrogens (tertiary/aromatic N) is 2. The lowest BCUT2D eigenvalue weighted by Crippen LogP contribution is -2.53. The van der Waals surface area contributed by atoms with Gasteiger partial charge in [-0.2, -0.15) is 0 Å². The van der Waals surface area contributed by atoms with Gasteiger partial charge in [-0.25, -0.2) is 8.42 Å². The van der Waals surface area contributed by atoms with E-state index in [1.165, 1.54) is 18.1 Å². The van der Waals surface area contributed by atoms with Crippen LogP contribution in [0.5, 0.6) is 5.75 Å². The summed E-state index contributed by atoms with van der Waals surface area (Å²) in [6, 6.07) is 11.5. The van der Waals surface area contributed by atoms with Gasteiger partial charge in [0.15, 0.2) is 0 Å². The number of anilines is 1. The molecule has 0 radical (unpaired) electrons. The lowest BCUT2D eigenvalue weighted by molar-refractivity contribution is -0.139. The Morgan fingerprint density at radius 1 is 1.14 bits per heavy atom. The molecule has 1 saturated carbocycles. The van der Waals surface area contributed by atoms with Crippen LogP contribution in [0.2, 0.25) is 5.02 Å². The molecule has 0 spiro atoms. The molecule has 3 rings (SSSR count). The van der Waals surface area contributed by atoms with E-state index < -0.39 is 28.5 Å². The van der Waals surface area contributed by atoms with Gasteiger partial charge in [0.25, 0.3) is 0 Å². The average molecular weight is 550 g/mol. The van der Waals surface area contributed by atoms with Crippen molar-refractivity contribution in [1.29, 1.82) is 0 Å². The fourth-order valence-corrected chi connectivity index (χ4v) is 5.59. The van der Waals surface area contributed by atoms with E-state index in [1.54, 1.807) is 19.1 Å². The summed E-state index contributed by atoms with van der Waals surface area (Å²) in [5.74, 6) is -0.502. The Hall–Kier alpha value is -2.78. The van der Waals surface area contributed by atoms with Crippen LogP contribution >= 0.6 is 11.6 Å². The molecule has 0 aromatic heterocycles. The van der Waals surface area contributed by atoms with Crippen molar-refractivity contribution in [2.24, 2.45) is 0 Å². The maximum Gasteiger partial charge on any atom is 0.244 e. The minimum absolute atomic E-state index is 0.0855. The molecule has 37 heavy (non-hydrogen) atoms. The lowest BCUT2D eigenvalue weighted by atomic mass is 9.95. The van der Waals surface area contributed by atoms with E-state index >= 15 is 0 Å². The third-order valence-electron chi connectivity index (χ3n) is 6.81. The Morgan fingerprint density at radius 3 is 2.43 bits per heavy atom. The number of aryl methyl sites for hydroxylation is 1. The number of sulfonamides is 1. The van der Waals surface area contributed by atoms with Crippen molar-refractivity contribution in [3.05, 3.63) is 58.6 Å². The second-order valence-electron chi connectivity index (χ2n) is 9.55. The van der Waals surface area contributed by atoms with Gasteiger partial charge in [0, 0.05) is 17.6 Å². The number of hydrogen-bond donors (Lipinski definition) is 1. The highest BCUT2D eigenvalue weighted by Crippen LogP contribution is 2.33. The highest BCUT2D eigenvalue weighted by atomic mass is 35.5. The SMILES string of the molecule is COc1ccc(Cl)cc1N(CC(=O)N(Cc1ccccc1C)[C@H](C)C(=O)NC1CCCCC1)S(C)(=O)=O. The molecule has 0 aliphatic heterocycles. The number of halogens is 1. The first-order valence-electron chi connectivity index (χ1n) is 12.5. The molecule has 1 aliphatic carbocycles.